The highest BCUT2D eigenvalue weighted by Gasteiger charge is 2.15. The van der Waals surface area contributed by atoms with Crippen LogP contribution in [-0.2, 0) is 13.1 Å². The molecule has 33 heavy (non-hydrogen) atoms. The molecule has 2 aromatic heterocycles. The van der Waals surface area contributed by atoms with Gasteiger partial charge >= 0.3 is 0 Å². The molecule has 0 aliphatic carbocycles. The van der Waals surface area contributed by atoms with Crippen LogP contribution in [0.1, 0.15) is 43.6 Å². The van der Waals surface area contributed by atoms with Gasteiger partial charge in [-0.1, -0.05) is 44.2 Å². The fourth-order valence-corrected chi connectivity index (χ4v) is 4.70. The summed E-state index contributed by atoms with van der Waals surface area (Å²) >= 11 is 0. The van der Waals surface area contributed by atoms with Crippen molar-refractivity contribution in [2.45, 2.75) is 46.7 Å². The third-order valence-electron chi connectivity index (χ3n) is 6.51. The maximum Gasteiger partial charge on any atom is 0.123 e. The number of unbranched alkanes of at least 4 members (excludes halogenated alkanes) is 1. The van der Waals surface area contributed by atoms with Crippen molar-refractivity contribution in [3.05, 3.63) is 77.4 Å². The number of aryl methyl sites for hydroxylation is 1. The van der Waals surface area contributed by atoms with Gasteiger partial charge in [-0.2, -0.15) is 0 Å². The van der Waals surface area contributed by atoms with Crippen LogP contribution in [0.4, 0.5) is 4.39 Å². The number of hydrogen-bond acceptors (Lipinski definition) is 3. The molecule has 2 heterocycles. The molecule has 0 radical (unpaired) electrons. The molecule has 0 saturated heterocycles. The van der Waals surface area contributed by atoms with Crippen molar-refractivity contribution in [3.8, 4) is 0 Å². The molecule has 4 rings (SSSR count). The molecular formula is C28H35FN4. The smallest absolute Gasteiger partial charge is 0.123 e. The van der Waals surface area contributed by atoms with Crippen molar-refractivity contribution in [3.63, 3.8) is 0 Å². The van der Waals surface area contributed by atoms with E-state index in [4.69, 9.17) is 4.98 Å². The maximum atomic E-state index is 13.4. The maximum absolute atomic E-state index is 13.4. The lowest BCUT2D eigenvalue weighted by molar-refractivity contribution is 0.296. The number of nitrogens with zero attached hydrogens (tertiary/aromatic N) is 3. The molecule has 0 bridgehead atoms. The molecule has 4 aromatic rings. The Bertz CT molecular complexity index is 1190. The first-order valence-electron chi connectivity index (χ1n) is 12.2. The van der Waals surface area contributed by atoms with Gasteiger partial charge in [0.1, 0.15) is 5.82 Å². The fraction of sp³-hybridized carbons (Fsp3) is 0.393. The van der Waals surface area contributed by atoms with Crippen molar-refractivity contribution in [2.24, 2.45) is 0 Å². The number of hydrogen-bond donors (Lipinski definition) is 1. The number of halogens is 1. The van der Waals surface area contributed by atoms with Gasteiger partial charge in [0, 0.05) is 29.4 Å². The highest BCUT2D eigenvalue weighted by Crippen LogP contribution is 2.31. The standard InChI is InChI=1S/C28H35FN4/c1-4-32(5-2)17-9-8-16-30-19-24-18-26-25-10-6-7-11-27(25)33(28(26)21(3)31-24)20-22-12-14-23(29)15-13-22/h6-7,10-15,18,30H,4-5,8-9,16-17,19-20H2,1-3H3. The first kappa shape index (κ1) is 23.4. The number of benzene rings is 2. The monoisotopic (exact) mass is 446 g/mol. The highest BCUT2D eigenvalue weighted by atomic mass is 19.1. The van der Waals surface area contributed by atoms with Crippen LogP contribution in [0.5, 0.6) is 0 Å². The topological polar surface area (TPSA) is 33.1 Å². The fourth-order valence-electron chi connectivity index (χ4n) is 4.70. The molecule has 4 nitrogen and oxygen atoms in total. The van der Waals surface area contributed by atoms with Gasteiger partial charge < -0.3 is 14.8 Å². The van der Waals surface area contributed by atoms with Gasteiger partial charge in [-0.05, 0) is 75.8 Å². The zero-order valence-electron chi connectivity index (χ0n) is 20.1. The summed E-state index contributed by atoms with van der Waals surface area (Å²) in [6.07, 6.45) is 2.39. The summed E-state index contributed by atoms with van der Waals surface area (Å²) in [7, 11) is 0. The summed E-state index contributed by atoms with van der Waals surface area (Å²) in [6, 6.07) is 17.5. The van der Waals surface area contributed by atoms with E-state index in [-0.39, 0.29) is 5.82 Å². The zero-order chi connectivity index (χ0) is 23.2. The summed E-state index contributed by atoms with van der Waals surface area (Å²) in [4.78, 5) is 7.41. The van der Waals surface area contributed by atoms with Crippen LogP contribution >= 0.6 is 0 Å². The Labute approximate surface area is 196 Å². The molecule has 0 unspecified atom stereocenters. The Balaban J connectivity index is 1.52. The number of para-hydroxylation sites is 1. The second-order valence-corrected chi connectivity index (χ2v) is 8.74. The van der Waals surface area contributed by atoms with Crippen LogP contribution in [0.15, 0.2) is 54.6 Å². The minimum Gasteiger partial charge on any atom is -0.334 e. The van der Waals surface area contributed by atoms with E-state index in [1.807, 2.05) is 12.1 Å². The second kappa shape index (κ2) is 10.9. The number of rotatable bonds is 11. The van der Waals surface area contributed by atoms with E-state index in [0.717, 1.165) is 48.6 Å². The molecular weight excluding hydrogens is 411 g/mol. The van der Waals surface area contributed by atoms with E-state index in [1.54, 1.807) is 0 Å². The molecule has 2 aromatic carbocycles. The Morgan fingerprint density at radius 3 is 2.48 bits per heavy atom. The summed E-state index contributed by atoms with van der Waals surface area (Å²) < 4.78 is 15.7. The van der Waals surface area contributed by atoms with E-state index >= 15 is 0 Å². The van der Waals surface area contributed by atoms with Crippen molar-refractivity contribution in [1.29, 1.82) is 0 Å². The van der Waals surface area contributed by atoms with Crippen LogP contribution in [0.2, 0.25) is 0 Å². The average Bonchev–Trinajstić information content (AvgIpc) is 3.14. The molecule has 0 spiro atoms. The Hall–Kier alpha value is -2.76. The van der Waals surface area contributed by atoms with E-state index in [9.17, 15) is 4.39 Å². The van der Waals surface area contributed by atoms with Gasteiger partial charge in [-0.3, -0.25) is 4.98 Å². The van der Waals surface area contributed by atoms with E-state index in [0.29, 0.717) is 6.54 Å². The number of nitrogens with one attached hydrogen (secondary N) is 1. The van der Waals surface area contributed by atoms with Crippen molar-refractivity contribution in [2.75, 3.05) is 26.2 Å². The predicted molar refractivity (Wildman–Crippen MR) is 136 cm³/mol. The van der Waals surface area contributed by atoms with Gasteiger partial charge in [-0.25, -0.2) is 4.39 Å². The summed E-state index contributed by atoms with van der Waals surface area (Å²) in [5.74, 6) is -0.205. The molecule has 5 heteroatoms. The van der Waals surface area contributed by atoms with E-state index in [2.05, 4.69) is 65.9 Å². The van der Waals surface area contributed by atoms with Crippen LogP contribution < -0.4 is 5.32 Å². The average molecular weight is 447 g/mol. The van der Waals surface area contributed by atoms with Crippen molar-refractivity contribution in [1.82, 2.24) is 19.8 Å². The SMILES string of the molecule is CCN(CC)CCCCNCc1cc2c3ccccc3n(Cc3ccc(F)cc3)c2c(C)n1. The van der Waals surface area contributed by atoms with Crippen LogP contribution in [0, 0.1) is 12.7 Å². The number of aromatic nitrogens is 2. The number of pyridine rings is 1. The molecule has 0 atom stereocenters. The lowest BCUT2D eigenvalue weighted by atomic mass is 10.1. The van der Waals surface area contributed by atoms with Gasteiger partial charge in [0.05, 0.1) is 16.9 Å². The molecule has 0 aliphatic heterocycles. The quantitative estimate of drug-likeness (QED) is 0.291. The van der Waals surface area contributed by atoms with Gasteiger partial charge in [-0.15, -0.1) is 0 Å². The summed E-state index contributed by atoms with van der Waals surface area (Å²) in [5.41, 5.74) is 5.53. The largest absolute Gasteiger partial charge is 0.334 e. The Morgan fingerprint density at radius 1 is 0.970 bits per heavy atom. The van der Waals surface area contributed by atoms with Crippen LogP contribution in [0.3, 0.4) is 0 Å². The zero-order valence-corrected chi connectivity index (χ0v) is 20.1. The molecule has 0 aliphatic rings. The molecule has 174 valence electrons. The van der Waals surface area contributed by atoms with Crippen molar-refractivity contribution >= 4 is 21.8 Å². The van der Waals surface area contributed by atoms with Gasteiger partial charge in [0.25, 0.3) is 0 Å². The lowest BCUT2D eigenvalue weighted by Crippen LogP contribution is -2.25. The highest BCUT2D eigenvalue weighted by molar-refractivity contribution is 6.08. The molecule has 0 saturated carbocycles. The van der Waals surface area contributed by atoms with Crippen LogP contribution in [-0.4, -0.2) is 40.6 Å². The van der Waals surface area contributed by atoms with E-state index < -0.39 is 0 Å². The Kier molecular flexibility index (Phi) is 7.73. The molecule has 0 fully saturated rings. The third kappa shape index (κ3) is 5.43. The van der Waals surface area contributed by atoms with Gasteiger partial charge in [0.2, 0.25) is 0 Å². The predicted octanol–water partition coefficient (Wildman–Crippen LogP) is 5.90. The van der Waals surface area contributed by atoms with Crippen molar-refractivity contribution < 1.29 is 4.39 Å². The molecule has 1 N–H and O–H groups in total. The summed E-state index contributed by atoms with van der Waals surface area (Å²) in [6.45, 7) is 12.4. The first-order valence-corrected chi connectivity index (χ1v) is 12.2. The number of fused-ring (bicyclic) bond motifs is 3. The minimum atomic E-state index is -0.205. The minimum absolute atomic E-state index is 0.205. The van der Waals surface area contributed by atoms with Crippen LogP contribution in [0.25, 0.3) is 21.8 Å². The summed E-state index contributed by atoms with van der Waals surface area (Å²) in [5, 5.41) is 6.05. The Morgan fingerprint density at radius 2 is 1.73 bits per heavy atom. The molecule has 0 amide bonds. The first-order chi connectivity index (χ1) is 16.1. The van der Waals surface area contributed by atoms with E-state index in [1.165, 1.54) is 47.8 Å². The van der Waals surface area contributed by atoms with Gasteiger partial charge in [0.15, 0.2) is 0 Å². The lowest BCUT2D eigenvalue weighted by Gasteiger charge is -2.17. The normalized spacial score (nSPS) is 11.8. The second-order valence-electron chi connectivity index (χ2n) is 8.74. The third-order valence-corrected chi connectivity index (χ3v) is 6.51.